The molecule has 0 aromatic carbocycles. The second-order valence-electron chi connectivity index (χ2n) is 6.73. The van der Waals surface area contributed by atoms with Crippen molar-refractivity contribution in [3.63, 3.8) is 0 Å². The van der Waals surface area contributed by atoms with Gasteiger partial charge in [-0.05, 0) is 25.0 Å². The van der Waals surface area contributed by atoms with Crippen LogP contribution >= 0.6 is 0 Å². The number of nitrogens with zero attached hydrogens (tertiary/aromatic N) is 2. The Morgan fingerprint density at radius 3 is 2.42 bits per heavy atom. The molecular formula is C18H28N4O4. The third-order valence-electron chi connectivity index (χ3n) is 4.39. The van der Waals surface area contributed by atoms with E-state index in [9.17, 15) is 14.4 Å². The lowest BCUT2D eigenvalue weighted by atomic mass is 10.0. The summed E-state index contributed by atoms with van der Waals surface area (Å²) in [6, 6.07) is 2.59. The Hall–Kier alpha value is -2.35. The van der Waals surface area contributed by atoms with E-state index in [2.05, 4.69) is 10.6 Å². The molecule has 144 valence electrons. The van der Waals surface area contributed by atoms with Gasteiger partial charge in [-0.15, -0.1) is 0 Å². The molecular weight excluding hydrogens is 336 g/mol. The topological polar surface area (TPSA) is 94.9 Å². The lowest BCUT2D eigenvalue weighted by Crippen LogP contribution is -2.57. The van der Waals surface area contributed by atoms with Crippen LogP contribution < -0.4 is 10.6 Å². The van der Waals surface area contributed by atoms with Crippen molar-refractivity contribution in [3.05, 3.63) is 24.2 Å². The number of hydrogen-bond donors (Lipinski definition) is 2. The second-order valence-corrected chi connectivity index (χ2v) is 6.73. The molecule has 8 heteroatoms. The van der Waals surface area contributed by atoms with E-state index in [-0.39, 0.29) is 23.5 Å². The van der Waals surface area contributed by atoms with E-state index in [4.69, 9.17) is 4.42 Å². The van der Waals surface area contributed by atoms with Gasteiger partial charge in [-0.1, -0.05) is 13.8 Å². The number of carbonyl (C=O) groups is 3. The van der Waals surface area contributed by atoms with E-state index in [0.29, 0.717) is 39.3 Å². The Morgan fingerprint density at radius 2 is 1.88 bits per heavy atom. The monoisotopic (exact) mass is 364 g/mol. The molecule has 0 aliphatic carbocycles. The van der Waals surface area contributed by atoms with Crippen LogP contribution in [-0.4, -0.2) is 72.8 Å². The maximum atomic E-state index is 12.9. The molecule has 1 fully saturated rings. The largest absolute Gasteiger partial charge is 0.459 e. The van der Waals surface area contributed by atoms with Gasteiger partial charge in [-0.2, -0.15) is 0 Å². The van der Waals surface area contributed by atoms with Gasteiger partial charge in [0.25, 0.3) is 5.91 Å². The molecule has 0 bridgehead atoms. The highest BCUT2D eigenvalue weighted by molar-refractivity contribution is 5.95. The zero-order valence-electron chi connectivity index (χ0n) is 15.7. The maximum Gasteiger partial charge on any atom is 0.287 e. The third-order valence-corrected chi connectivity index (χ3v) is 4.39. The first kappa shape index (κ1) is 20.0. The molecule has 2 heterocycles. The van der Waals surface area contributed by atoms with Crippen LogP contribution in [0.2, 0.25) is 0 Å². The maximum absolute atomic E-state index is 12.9. The Morgan fingerprint density at radius 1 is 1.19 bits per heavy atom. The zero-order chi connectivity index (χ0) is 19.1. The fourth-order valence-electron chi connectivity index (χ4n) is 2.91. The van der Waals surface area contributed by atoms with Crippen molar-refractivity contribution in [1.29, 1.82) is 0 Å². The van der Waals surface area contributed by atoms with Gasteiger partial charge in [0.15, 0.2) is 5.76 Å². The molecule has 3 amide bonds. The average Bonchev–Trinajstić information content (AvgIpc) is 3.14. The van der Waals surface area contributed by atoms with Crippen LogP contribution in [0.3, 0.4) is 0 Å². The standard InChI is InChI=1S/C18H28N4O4/c1-4-19-15(23)12-21-7-9-22(10-8-21)18(25)16(13(2)3)20-17(24)14-6-5-11-26-14/h5-6,11,13,16H,4,7-10,12H2,1-3H3,(H,19,23)(H,20,24). The van der Waals surface area contributed by atoms with Crippen LogP contribution in [0.1, 0.15) is 31.3 Å². The van der Waals surface area contributed by atoms with Gasteiger partial charge in [-0.25, -0.2) is 0 Å². The molecule has 1 saturated heterocycles. The highest BCUT2D eigenvalue weighted by Gasteiger charge is 2.31. The Labute approximate surface area is 153 Å². The van der Waals surface area contributed by atoms with Crippen LogP contribution in [0.5, 0.6) is 0 Å². The highest BCUT2D eigenvalue weighted by atomic mass is 16.3. The first-order valence-electron chi connectivity index (χ1n) is 9.04. The molecule has 1 aliphatic rings. The van der Waals surface area contributed by atoms with Gasteiger partial charge in [0, 0.05) is 32.7 Å². The summed E-state index contributed by atoms with van der Waals surface area (Å²) in [7, 11) is 0. The van der Waals surface area contributed by atoms with Gasteiger partial charge in [0.05, 0.1) is 12.8 Å². The van der Waals surface area contributed by atoms with E-state index < -0.39 is 11.9 Å². The summed E-state index contributed by atoms with van der Waals surface area (Å²) >= 11 is 0. The van der Waals surface area contributed by atoms with E-state index >= 15 is 0 Å². The number of furan rings is 1. The SMILES string of the molecule is CCNC(=O)CN1CCN(C(=O)C(NC(=O)c2ccco2)C(C)C)CC1. The van der Waals surface area contributed by atoms with Crippen LogP contribution in [0.15, 0.2) is 22.8 Å². The van der Waals surface area contributed by atoms with Gasteiger partial charge < -0.3 is 20.0 Å². The summed E-state index contributed by atoms with van der Waals surface area (Å²) in [5, 5.41) is 5.55. The lowest BCUT2D eigenvalue weighted by molar-refractivity contribution is -0.136. The summed E-state index contributed by atoms with van der Waals surface area (Å²) in [5.41, 5.74) is 0. The van der Waals surface area contributed by atoms with Crippen LogP contribution in [0, 0.1) is 5.92 Å². The van der Waals surface area contributed by atoms with Crippen LogP contribution in [0.25, 0.3) is 0 Å². The quantitative estimate of drug-likeness (QED) is 0.726. The van der Waals surface area contributed by atoms with Crippen molar-refractivity contribution < 1.29 is 18.8 Å². The fourth-order valence-corrected chi connectivity index (χ4v) is 2.91. The van der Waals surface area contributed by atoms with Crippen molar-refractivity contribution in [1.82, 2.24) is 20.4 Å². The normalized spacial score (nSPS) is 16.4. The molecule has 8 nitrogen and oxygen atoms in total. The predicted octanol–water partition coefficient (Wildman–Crippen LogP) is 0.314. The van der Waals surface area contributed by atoms with Gasteiger partial charge in [0.2, 0.25) is 11.8 Å². The van der Waals surface area contributed by atoms with Crippen molar-refractivity contribution in [2.45, 2.75) is 26.8 Å². The number of piperazine rings is 1. The molecule has 1 aliphatic heterocycles. The first-order valence-corrected chi connectivity index (χ1v) is 9.04. The number of carbonyl (C=O) groups excluding carboxylic acids is 3. The highest BCUT2D eigenvalue weighted by Crippen LogP contribution is 2.11. The third kappa shape index (κ3) is 5.32. The zero-order valence-corrected chi connectivity index (χ0v) is 15.7. The summed E-state index contributed by atoms with van der Waals surface area (Å²) in [5.74, 6) is -0.350. The van der Waals surface area contributed by atoms with E-state index in [1.54, 1.807) is 17.0 Å². The van der Waals surface area contributed by atoms with Gasteiger partial charge in [0.1, 0.15) is 6.04 Å². The molecule has 26 heavy (non-hydrogen) atoms. The van der Waals surface area contributed by atoms with E-state index in [1.165, 1.54) is 6.26 Å². The van der Waals surface area contributed by atoms with E-state index in [0.717, 1.165) is 0 Å². The van der Waals surface area contributed by atoms with Crippen molar-refractivity contribution >= 4 is 17.7 Å². The smallest absolute Gasteiger partial charge is 0.287 e. The lowest BCUT2D eigenvalue weighted by Gasteiger charge is -2.36. The van der Waals surface area contributed by atoms with Gasteiger partial charge >= 0.3 is 0 Å². The summed E-state index contributed by atoms with van der Waals surface area (Å²) in [6.45, 7) is 9.00. The van der Waals surface area contributed by atoms with Crippen molar-refractivity contribution in [3.8, 4) is 0 Å². The molecule has 2 rings (SSSR count). The molecule has 0 spiro atoms. The molecule has 1 aromatic rings. The predicted molar refractivity (Wildman–Crippen MR) is 96.5 cm³/mol. The number of nitrogens with one attached hydrogen (secondary N) is 2. The minimum Gasteiger partial charge on any atom is -0.459 e. The molecule has 2 N–H and O–H groups in total. The van der Waals surface area contributed by atoms with Crippen LogP contribution in [-0.2, 0) is 9.59 Å². The summed E-state index contributed by atoms with van der Waals surface area (Å²) < 4.78 is 5.09. The average molecular weight is 364 g/mol. The van der Waals surface area contributed by atoms with Crippen LogP contribution in [0.4, 0.5) is 0 Å². The van der Waals surface area contributed by atoms with Crippen molar-refractivity contribution in [2.75, 3.05) is 39.3 Å². The Bertz CT molecular complexity index is 607. The molecule has 0 radical (unpaired) electrons. The Kier molecular flexibility index (Phi) is 7.20. The summed E-state index contributed by atoms with van der Waals surface area (Å²) in [4.78, 5) is 40.5. The number of rotatable bonds is 7. The molecule has 1 unspecified atom stereocenters. The minimum absolute atomic E-state index is 0.00181. The minimum atomic E-state index is -0.609. The first-order chi connectivity index (χ1) is 12.4. The Balaban J connectivity index is 1.89. The van der Waals surface area contributed by atoms with Gasteiger partial charge in [-0.3, -0.25) is 19.3 Å². The van der Waals surface area contributed by atoms with E-state index in [1.807, 2.05) is 25.7 Å². The molecule has 1 aromatic heterocycles. The number of likely N-dealkylation sites (N-methyl/N-ethyl adjacent to an activating group) is 1. The second kappa shape index (κ2) is 9.38. The number of hydrogen-bond acceptors (Lipinski definition) is 5. The van der Waals surface area contributed by atoms with Crippen molar-refractivity contribution in [2.24, 2.45) is 5.92 Å². The molecule has 0 saturated carbocycles. The summed E-state index contributed by atoms with van der Waals surface area (Å²) in [6.07, 6.45) is 1.43. The molecule has 1 atom stereocenters. The fraction of sp³-hybridized carbons (Fsp3) is 0.611. The number of amides is 3.